The van der Waals surface area contributed by atoms with E-state index in [1.54, 1.807) is 0 Å². The number of nitrogens with zero attached hydrogens (tertiary/aromatic N) is 1. The topological polar surface area (TPSA) is 41.6 Å². The SMILES string of the molecule is O=C(C[C@@H]1CCNC1)N1CCOCC1. The van der Waals surface area contributed by atoms with Crippen molar-refractivity contribution >= 4 is 5.91 Å². The highest BCUT2D eigenvalue weighted by molar-refractivity contribution is 5.76. The summed E-state index contributed by atoms with van der Waals surface area (Å²) in [6, 6.07) is 0. The molecule has 2 rings (SSSR count). The molecule has 0 aromatic carbocycles. The summed E-state index contributed by atoms with van der Waals surface area (Å²) in [7, 11) is 0. The van der Waals surface area contributed by atoms with Gasteiger partial charge in [-0.2, -0.15) is 0 Å². The Morgan fingerprint density at radius 1 is 1.43 bits per heavy atom. The Morgan fingerprint density at radius 3 is 2.86 bits per heavy atom. The second kappa shape index (κ2) is 4.75. The molecule has 14 heavy (non-hydrogen) atoms. The van der Waals surface area contributed by atoms with E-state index in [0.717, 1.165) is 32.6 Å². The van der Waals surface area contributed by atoms with Gasteiger partial charge in [0.25, 0.3) is 0 Å². The van der Waals surface area contributed by atoms with E-state index < -0.39 is 0 Å². The first kappa shape index (κ1) is 9.93. The minimum absolute atomic E-state index is 0.307. The van der Waals surface area contributed by atoms with Crippen molar-refractivity contribution in [2.45, 2.75) is 12.8 Å². The lowest BCUT2D eigenvalue weighted by Gasteiger charge is -2.27. The highest BCUT2D eigenvalue weighted by Gasteiger charge is 2.22. The van der Waals surface area contributed by atoms with Crippen LogP contribution in [0.15, 0.2) is 0 Å². The maximum Gasteiger partial charge on any atom is 0.223 e. The number of rotatable bonds is 2. The number of morpholine rings is 1. The fourth-order valence-electron chi connectivity index (χ4n) is 2.08. The summed E-state index contributed by atoms with van der Waals surface area (Å²) in [5, 5.41) is 3.29. The zero-order valence-electron chi connectivity index (χ0n) is 8.50. The fraction of sp³-hybridized carbons (Fsp3) is 0.900. The molecule has 0 saturated carbocycles. The fourth-order valence-corrected chi connectivity index (χ4v) is 2.08. The molecule has 2 saturated heterocycles. The smallest absolute Gasteiger partial charge is 0.223 e. The normalized spacial score (nSPS) is 28.0. The molecule has 0 aliphatic carbocycles. The van der Waals surface area contributed by atoms with Crippen LogP contribution < -0.4 is 5.32 Å². The standard InChI is InChI=1S/C10H18N2O2/c13-10(7-9-1-2-11-8-9)12-3-5-14-6-4-12/h9,11H,1-8H2/t9-/m0/s1. The molecule has 0 aromatic rings. The molecule has 0 aromatic heterocycles. The van der Waals surface area contributed by atoms with Crippen molar-refractivity contribution in [3.8, 4) is 0 Å². The zero-order chi connectivity index (χ0) is 9.80. The van der Waals surface area contributed by atoms with Gasteiger partial charge < -0.3 is 15.0 Å². The van der Waals surface area contributed by atoms with Crippen LogP contribution in [0.4, 0.5) is 0 Å². The average molecular weight is 198 g/mol. The number of amides is 1. The lowest BCUT2D eigenvalue weighted by atomic mass is 10.0. The van der Waals surface area contributed by atoms with E-state index in [0.29, 0.717) is 31.5 Å². The van der Waals surface area contributed by atoms with Crippen molar-refractivity contribution in [1.29, 1.82) is 0 Å². The first-order valence-corrected chi connectivity index (χ1v) is 5.42. The van der Waals surface area contributed by atoms with E-state index in [1.165, 1.54) is 0 Å². The highest BCUT2D eigenvalue weighted by Crippen LogP contribution is 2.14. The summed E-state index contributed by atoms with van der Waals surface area (Å²) >= 11 is 0. The van der Waals surface area contributed by atoms with Crippen LogP contribution in [0.5, 0.6) is 0 Å². The molecule has 2 fully saturated rings. The minimum Gasteiger partial charge on any atom is -0.378 e. The molecular weight excluding hydrogens is 180 g/mol. The van der Waals surface area contributed by atoms with E-state index in [4.69, 9.17) is 4.74 Å². The Morgan fingerprint density at radius 2 is 2.21 bits per heavy atom. The van der Waals surface area contributed by atoms with Crippen molar-refractivity contribution in [2.75, 3.05) is 39.4 Å². The lowest BCUT2D eigenvalue weighted by Crippen LogP contribution is -2.41. The van der Waals surface area contributed by atoms with Crippen LogP contribution in [0.3, 0.4) is 0 Å². The molecule has 2 aliphatic rings. The van der Waals surface area contributed by atoms with E-state index in [-0.39, 0.29) is 0 Å². The summed E-state index contributed by atoms with van der Waals surface area (Å²) in [4.78, 5) is 13.7. The van der Waals surface area contributed by atoms with Crippen LogP contribution >= 0.6 is 0 Å². The number of ether oxygens (including phenoxy) is 1. The first-order valence-electron chi connectivity index (χ1n) is 5.42. The molecule has 1 N–H and O–H groups in total. The van der Waals surface area contributed by atoms with Crippen molar-refractivity contribution in [2.24, 2.45) is 5.92 Å². The average Bonchev–Trinajstić information content (AvgIpc) is 2.72. The molecule has 1 atom stereocenters. The molecule has 4 heteroatoms. The molecular formula is C10H18N2O2. The molecule has 0 bridgehead atoms. The Balaban J connectivity index is 1.75. The Kier molecular flexibility index (Phi) is 3.37. The van der Waals surface area contributed by atoms with Crippen LogP contribution in [0, 0.1) is 5.92 Å². The van der Waals surface area contributed by atoms with Crippen LogP contribution in [-0.2, 0) is 9.53 Å². The molecule has 0 spiro atoms. The number of hydrogen-bond donors (Lipinski definition) is 1. The monoisotopic (exact) mass is 198 g/mol. The molecule has 80 valence electrons. The first-order chi connectivity index (χ1) is 6.86. The Bertz CT molecular complexity index is 196. The van der Waals surface area contributed by atoms with Crippen molar-refractivity contribution in [3.05, 3.63) is 0 Å². The number of carbonyl (C=O) groups is 1. The van der Waals surface area contributed by atoms with Crippen molar-refractivity contribution in [1.82, 2.24) is 10.2 Å². The van der Waals surface area contributed by atoms with Crippen molar-refractivity contribution in [3.63, 3.8) is 0 Å². The third kappa shape index (κ3) is 2.45. The number of nitrogens with one attached hydrogen (secondary N) is 1. The zero-order valence-corrected chi connectivity index (χ0v) is 8.50. The summed E-state index contributed by atoms with van der Waals surface area (Å²) in [5.41, 5.74) is 0. The summed E-state index contributed by atoms with van der Waals surface area (Å²) in [6.45, 7) is 5.04. The second-order valence-electron chi connectivity index (χ2n) is 4.06. The van der Waals surface area contributed by atoms with Crippen molar-refractivity contribution < 1.29 is 9.53 Å². The predicted octanol–water partition coefficient (Wildman–Crippen LogP) is -0.155. The maximum absolute atomic E-state index is 11.8. The quantitative estimate of drug-likeness (QED) is 0.670. The van der Waals surface area contributed by atoms with Crippen LogP contribution in [0.2, 0.25) is 0 Å². The van der Waals surface area contributed by atoms with Crippen LogP contribution in [-0.4, -0.2) is 50.2 Å². The Hall–Kier alpha value is -0.610. The van der Waals surface area contributed by atoms with Gasteiger partial charge in [0.05, 0.1) is 13.2 Å². The molecule has 1 amide bonds. The van der Waals surface area contributed by atoms with Crippen LogP contribution in [0.1, 0.15) is 12.8 Å². The number of carbonyl (C=O) groups excluding carboxylic acids is 1. The maximum atomic E-state index is 11.8. The summed E-state index contributed by atoms with van der Waals surface area (Å²) in [6.07, 6.45) is 1.86. The van der Waals surface area contributed by atoms with E-state index >= 15 is 0 Å². The molecule has 4 nitrogen and oxygen atoms in total. The Labute approximate surface area is 84.6 Å². The van der Waals surface area contributed by atoms with Gasteiger partial charge >= 0.3 is 0 Å². The molecule has 0 radical (unpaired) electrons. The van der Waals surface area contributed by atoms with Gasteiger partial charge in [0.15, 0.2) is 0 Å². The van der Waals surface area contributed by atoms with Gasteiger partial charge in [-0.1, -0.05) is 0 Å². The number of hydrogen-bond acceptors (Lipinski definition) is 3. The van der Waals surface area contributed by atoms with E-state index in [1.807, 2.05) is 4.90 Å². The second-order valence-corrected chi connectivity index (χ2v) is 4.06. The molecule has 2 heterocycles. The lowest BCUT2D eigenvalue weighted by molar-refractivity contribution is -0.136. The third-order valence-corrected chi connectivity index (χ3v) is 2.99. The van der Waals surface area contributed by atoms with E-state index in [2.05, 4.69) is 5.32 Å². The summed E-state index contributed by atoms with van der Waals surface area (Å²) < 4.78 is 5.21. The van der Waals surface area contributed by atoms with E-state index in [9.17, 15) is 4.79 Å². The van der Waals surface area contributed by atoms with Gasteiger partial charge in [-0.3, -0.25) is 4.79 Å². The predicted molar refractivity (Wildman–Crippen MR) is 53.0 cm³/mol. The van der Waals surface area contributed by atoms with Gasteiger partial charge in [0.1, 0.15) is 0 Å². The highest BCUT2D eigenvalue weighted by atomic mass is 16.5. The molecule has 2 aliphatic heterocycles. The van der Waals surface area contributed by atoms with Crippen LogP contribution in [0.25, 0.3) is 0 Å². The molecule has 0 unspecified atom stereocenters. The van der Waals surface area contributed by atoms with Gasteiger partial charge in [-0.25, -0.2) is 0 Å². The van der Waals surface area contributed by atoms with Gasteiger partial charge in [0.2, 0.25) is 5.91 Å². The van der Waals surface area contributed by atoms with Gasteiger partial charge in [-0.05, 0) is 25.4 Å². The van der Waals surface area contributed by atoms with Gasteiger partial charge in [0, 0.05) is 19.5 Å². The largest absolute Gasteiger partial charge is 0.378 e. The minimum atomic E-state index is 0.307. The summed E-state index contributed by atoms with van der Waals surface area (Å²) in [5.74, 6) is 0.868. The van der Waals surface area contributed by atoms with Gasteiger partial charge in [-0.15, -0.1) is 0 Å². The third-order valence-electron chi connectivity index (χ3n) is 2.99.